The molecule has 0 atom stereocenters. The Morgan fingerprint density at radius 3 is 2.57 bits per heavy atom. The quantitative estimate of drug-likeness (QED) is 0.940. The second kappa shape index (κ2) is 5.98. The molecule has 0 amide bonds. The van der Waals surface area contributed by atoms with Gasteiger partial charge >= 0.3 is 0 Å². The number of halogens is 1. The molecule has 3 rings (SSSR count). The van der Waals surface area contributed by atoms with Gasteiger partial charge in [-0.25, -0.2) is 9.37 Å². The van der Waals surface area contributed by atoms with Gasteiger partial charge in [0.2, 0.25) is 0 Å². The van der Waals surface area contributed by atoms with Crippen molar-refractivity contribution < 1.29 is 4.39 Å². The van der Waals surface area contributed by atoms with Crippen molar-refractivity contribution in [3.8, 4) is 0 Å². The van der Waals surface area contributed by atoms with Crippen LogP contribution in [0.25, 0.3) is 0 Å². The lowest BCUT2D eigenvalue weighted by atomic mass is 9.95. The minimum absolute atomic E-state index is 0.0945. The molecule has 2 aromatic rings. The Balaban J connectivity index is 1.84. The van der Waals surface area contributed by atoms with Gasteiger partial charge in [0.05, 0.1) is 6.33 Å². The van der Waals surface area contributed by atoms with E-state index in [-0.39, 0.29) is 5.82 Å². The zero-order valence-electron chi connectivity index (χ0n) is 12.7. The Kier molecular flexibility index (Phi) is 4.06. The van der Waals surface area contributed by atoms with Gasteiger partial charge < -0.3 is 9.88 Å². The van der Waals surface area contributed by atoms with Crippen molar-refractivity contribution in [2.45, 2.75) is 39.2 Å². The van der Waals surface area contributed by atoms with Crippen LogP contribution < -0.4 is 5.32 Å². The predicted octanol–water partition coefficient (Wildman–Crippen LogP) is 3.15. The summed E-state index contributed by atoms with van der Waals surface area (Å²) in [4.78, 5) is 4.32. The molecule has 1 N–H and O–H groups in total. The van der Waals surface area contributed by atoms with Crippen LogP contribution in [0.4, 0.5) is 4.39 Å². The summed E-state index contributed by atoms with van der Waals surface area (Å²) in [6, 6.07) is 3.88. The number of nitrogens with zero attached hydrogens (tertiary/aromatic N) is 2. The molecule has 112 valence electrons. The topological polar surface area (TPSA) is 29.9 Å². The number of piperidine rings is 1. The number of aryl methyl sites for hydroxylation is 2. The number of aromatic nitrogens is 2. The fourth-order valence-electron chi connectivity index (χ4n) is 3.24. The predicted molar refractivity (Wildman–Crippen MR) is 82.0 cm³/mol. The van der Waals surface area contributed by atoms with Gasteiger partial charge in [-0.1, -0.05) is 12.1 Å². The van der Waals surface area contributed by atoms with Gasteiger partial charge in [-0.15, -0.1) is 0 Å². The Morgan fingerprint density at radius 1 is 1.24 bits per heavy atom. The van der Waals surface area contributed by atoms with E-state index in [9.17, 15) is 4.39 Å². The van der Waals surface area contributed by atoms with Gasteiger partial charge in [-0.05, 0) is 56.5 Å². The number of hydrogen-bond acceptors (Lipinski definition) is 2. The third-order valence-electron chi connectivity index (χ3n) is 4.35. The van der Waals surface area contributed by atoms with Crippen LogP contribution in [0, 0.1) is 19.7 Å². The monoisotopic (exact) mass is 287 g/mol. The zero-order chi connectivity index (χ0) is 14.8. The summed E-state index contributed by atoms with van der Waals surface area (Å²) in [5, 5.41) is 3.40. The molecule has 0 radical (unpaired) electrons. The smallest absolute Gasteiger partial charge is 0.129 e. The molecule has 1 aliphatic rings. The highest BCUT2D eigenvalue weighted by Gasteiger charge is 2.19. The third kappa shape index (κ3) is 3.00. The Hall–Kier alpha value is -1.68. The molecule has 1 fully saturated rings. The molecule has 1 aliphatic heterocycles. The summed E-state index contributed by atoms with van der Waals surface area (Å²) in [5.74, 6) is 0.486. The highest BCUT2D eigenvalue weighted by molar-refractivity contribution is 5.31. The average molecular weight is 287 g/mol. The number of rotatable bonds is 3. The normalized spacial score (nSPS) is 16.3. The van der Waals surface area contributed by atoms with Crippen LogP contribution in [0.5, 0.6) is 0 Å². The van der Waals surface area contributed by atoms with Crippen LogP contribution in [0.2, 0.25) is 0 Å². The lowest BCUT2D eigenvalue weighted by Crippen LogP contribution is -2.27. The van der Waals surface area contributed by atoms with E-state index in [2.05, 4.69) is 14.9 Å². The SMILES string of the molecule is Cc1cc(Cn2cncc2C2CCNCC2)cc(C)c1F. The second-order valence-electron chi connectivity index (χ2n) is 6.01. The summed E-state index contributed by atoms with van der Waals surface area (Å²) in [6.07, 6.45) is 6.20. The number of nitrogens with one attached hydrogen (secondary N) is 1. The van der Waals surface area contributed by atoms with E-state index in [1.54, 1.807) is 0 Å². The molecule has 3 nitrogen and oxygen atoms in total. The van der Waals surface area contributed by atoms with Gasteiger partial charge in [0.25, 0.3) is 0 Å². The molecule has 1 saturated heterocycles. The molecule has 1 aromatic heterocycles. The molecule has 0 unspecified atom stereocenters. The van der Waals surface area contributed by atoms with Crippen molar-refractivity contribution in [3.05, 3.63) is 52.9 Å². The first-order valence-corrected chi connectivity index (χ1v) is 7.61. The molecule has 4 heteroatoms. The van der Waals surface area contributed by atoms with Gasteiger partial charge in [-0.2, -0.15) is 0 Å². The summed E-state index contributed by atoms with van der Waals surface area (Å²) in [6.45, 7) is 6.57. The first kappa shape index (κ1) is 14.3. The number of imidazole rings is 1. The maximum Gasteiger partial charge on any atom is 0.129 e. The number of benzene rings is 1. The molecular formula is C17H22FN3. The van der Waals surface area contributed by atoms with E-state index in [4.69, 9.17) is 0 Å². The van der Waals surface area contributed by atoms with Crippen LogP contribution in [0.3, 0.4) is 0 Å². The van der Waals surface area contributed by atoms with Crippen LogP contribution in [0.15, 0.2) is 24.7 Å². The third-order valence-corrected chi connectivity index (χ3v) is 4.35. The van der Waals surface area contributed by atoms with Crippen LogP contribution in [0.1, 0.15) is 41.1 Å². The summed E-state index contributed by atoms with van der Waals surface area (Å²) in [5.41, 5.74) is 3.87. The lowest BCUT2D eigenvalue weighted by Gasteiger charge is -2.23. The molecular weight excluding hydrogens is 265 g/mol. The average Bonchev–Trinajstić information content (AvgIpc) is 2.94. The van der Waals surface area contributed by atoms with Crippen molar-refractivity contribution in [1.29, 1.82) is 0 Å². The van der Waals surface area contributed by atoms with E-state index in [0.29, 0.717) is 17.0 Å². The van der Waals surface area contributed by atoms with Crippen molar-refractivity contribution in [2.75, 3.05) is 13.1 Å². The van der Waals surface area contributed by atoms with Gasteiger partial charge in [0, 0.05) is 24.4 Å². The standard InChI is InChI=1S/C17H22FN3/c1-12-7-14(8-13(2)17(12)18)10-21-11-20-9-16(21)15-3-5-19-6-4-15/h7-9,11,15,19H,3-6,10H2,1-2H3. The van der Waals surface area contributed by atoms with Crippen LogP contribution >= 0.6 is 0 Å². The van der Waals surface area contributed by atoms with E-state index in [0.717, 1.165) is 38.0 Å². The lowest BCUT2D eigenvalue weighted by molar-refractivity contribution is 0.442. The van der Waals surface area contributed by atoms with Gasteiger partial charge in [0.15, 0.2) is 0 Å². The molecule has 0 saturated carbocycles. The number of hydrogen-bond donors (Lipinski definition) is 1. The minimum atomic E-state index is -0.0945. The van der Waals surface area contributed by atoms with Crippen molar-refractivity contribution in [2.24, 2.45) is 0 Å². The Morgan fingerprint density at radius 2 is 1.90 bits per heavy atom. The van der Waals surface area contributed by atoms with Gasteiger partial charge in [0.1, 0.15) is 5.82 Å². The maximum atomic E-state index is 13.7. The largest absolute Gasteiger partial charge is 0.330 e. The highest BCUT2D eigenvalue weighted by atomic mass is 19.1. The summed E-state index contributed by atoms with van der Waals surface area (Å²) >= 11 is 0. The first-order chi connectivity index (χ1) is 10.1. The van der Waals surface area contributed by atoms with Crippen molar-refractivity contribution in [1.82, 2.24) is 14.9 Å². The van der Waals surface area contributed by atoms with E-state index in [1.807, 2.05) is 38.5 Å². The van der Waals surface area contributed by atoms with Crippen LogP contribution in [-0.2, 0) is 6.54 Å². The van der Waals surface area contributed by atoms with Crippen molar-refractivity contribution in [3.63, 3.8) is 0 Å². The van der Waals surface area contributed by atoms with Gasteiger partial charge in [-0.3, -0.25) is 0 Å². The first-order valence-electron chi connectivity index (χ1n) is 7.61. The Labute approximate surface area is 125 Å². The molecule has 0 bridgehead atoms. The second-order valence-corrected chi connectivity index (χ2v) is 6.01. The van der Waals surface area contributed by atoms with Crippen molar-refractivity contribution >= 4 is 0 Å². The van der Waals surface area contributed by atoms with E-state index in [1.165, 1.54) is 5.69 Å². The fraction of sp³-hybridized carbons (Fsp3) is 0.471. The highest BCUT2D eigenvalue weighted by Crippen LogP contribution is 2.25. The van der Waals surface area contributed by atoms with E-state index >= 15 is 0 Å². The molecule has 0 spiro atoms. The molecule has 1 aromatic carbocycles. The summed E-state index contributed by atoms with van der Waals surface area (Å²) < 4.78 is 15.9. The maximum absolute atomic E-state index is 13.7. The summed E-state index contributed by atoms with van der Waals surface area (Å²) in [7, 11) is 0. The molecule has 21 heavy (non-hydrogen) atoms. The van der Waals surface area contributed by atoms with E-state index < -0.39 is 0 Å². The fourth-order valence-corrected chi connectivity index (χ4v) is 3.24. The molecule has 0 aliphatic carbocycles. The zero-order valence-corrected chi connectivity index (χ0v) is 12.7. The Bertz CT molecular complexity index is 604. The molecule has 2 heterocycles. The van der Waals surface area contributed by atoms with Crippen LogP contribution in [-0.4, -0.2) is 22.6 Å². The minimum Gasteiger partial charge on any atom is -0.330 e.